The second-order valence-corrected chi connectivity index (χ2v) is 7.92. The summed E-state index contributed by atoms with van der Waals surface area (Å²) in [5.74, 6) is 0. The van der Waals surface area contributed by atoms with E-state index in [-0.39, 0.29) is 6.61 Å². The van der Waals surface area contributed by atoms with Crippen molar-refractivity contribution >= 4 is 7.68 Å². The number of hydrogen-bond acceptors (Lipinski definition) is 2. The molecule has 4 heteroatoms. The van der Waals surface area contributed by atoms with Crippen molar-refractivity contribution in [2.45, 2.75) is 71.1 Å². The highest BCUT2D eigenvalue weighted by Gasteiger charge is 2.11. The number of rotatable bonds is 16. The van der Waals surface area contributed by atoms with Gasteiger partial charge >= 0.3 is 7.68 Å². The predicted octanol–water partition coefficient (Wildman–Crippen LogP) is 7.94. The molecule has 1 unspecified atom stereocenters. The molecule has 0 radical (unpaired) electrons. The molecule has 0 aliphatic heterocycles. The van der Waals surface area contributed by atoms with Crippen LogP contribution in [-0.4, -0.2) is 13.3 Å². The minimum absolute atomic E-state index is 0.234. The minimum atomic E-state index is -3.79. The van der Waals surface area contributed by atoms with Crippen LogP contribution in [0.25, 0.3) is 0 Å². The van der Waals surface area contributed by atoms with Crippen LogP contribution >= 0.6 is 7.68 Å². The molecule has 0 aromatic carbocycles. The maximum atomic E-state index is 12.6. The Kier molecular flexibility index (Phi) is 17.2. The maximum absolute atomic E-state index is 12.6. The summed E-state index contributed by atoms with van der Waals surface area (Å²) >= 11 is 0. The van der Waals surface area contributed by atoms with Gasteiger partial charge < -0.3 is 4.52 Å². The van der Waals surface area contributed by atoms with Crippen molar-refractivity contribution in [1.82, 2.24) is 0 Å². The molecule has 144 valence electrons. The standard InChI is InChI=1S/C21H36FO2P/c1-3-4-5-6-7-8-9-10-11-12-13-14-15-16-17-18-19-20-21-24-25(2,22)23/h7-8,10-11,13-14,16-17H,3-6,9,12,15,18-21H2,1-2H3. The van der Waals surface area contributed by atoms with Gasteiger partial charge in [0.25, 0.3) is 0 Å². The minimum Gasteiger partial charge on any atom is -0.306 e. The van der Waals surface area contributed by atoms with Crippen molar-refractivity contribution < 1.29 is 13.3 Å². The van der Waals surface area contributed by atoms with Gasteiger partial charge in [0.15, 0.2) is 0 Å². The van der Waals surface area contributed by atoms with Crippen molar-refractivity contribution in [2.75, 3.05) is 13.3 Å². The quantitative estimate of drug-likeness (QED) is 0.157. The van der Waals surface area contributed by atoms with Gasteiger partial charge in [-0.15, -0.1) is 0 Å². The Morgan fingerprint density at radius 2 is 1.20 bits per heavy atom. The smallest absolute Gasteiger partial charge is 0.306 e. The summed E-state index contributed by atoms with van der Waals surface area (Å²) in [6, 6.07) is 0. The van der Waals surface area contributed by atoms with Gasteiger partial charge in [-0.1, -0.05) is 68.4 Å². The van der Waals surface area contributed by atoms with Crippen LogP contribution in [0, 0.1) is 0 Å². The van der Waals surface area contributed by atoms with Crippen molar-refractivity contribution in [2.24, 2.45) is 0 Å². The first-order valence-corrected chi connectivity index (χ1v) is 11.5. The monoisotopic (exact) mass is 370 g/mol. The Labute approximate surface area is 154 Å². The SMILES string of the molecule is CCCCCC=CCC=CCC=CCC=CCCCCOP(C)(=O)F. The van der Waals surface area contributed by atoms with Gasteiger partial charge in [-0.05, 0) is 51.4 Å². The first-order valence-electron chi connectivity index (χ1n) is 9.58. The zero-order chi connectivity index (χ0) is 18.6. The molecule has 0 amide bonds. The van der Waals surface area contributed by atoms with E-state index >= 15 is 0 Å². The van der Waals surface area contributed by atoms with Gasteiger partial charge in [0.05, 0.1) is 6.61 Å². The highest BCUT2D eigenvalue weighted by atomic mass is 31.2. The lowest BCUT2D eigenvalue weighted by molar-refractivity contribution is 0.284. The first-order chi connectivity index (χ1) is 12.1. The number of halogens is 1. The molecule has 0 aromatic rings. The molecular formula is C21H36FO2P. The van der Waals surface area contributed by atoms with Crippen LogP contribution < -0.4 is 0 Å². The Morgan fingerprint density at radius 3 is 1.64 bits per heavy atom. The second-order valence-electron chi connectivity index (χ2n) is 6.16. The molecule has 0 aromatic heterocycles. The molecule has 0 spiro atoms. The fraction of sp³-hybridized carbons (Fsp3) is 0.619. The van der Waals surface area contributed by atoms with E-state index in [0.717, 1.165) is 45.2 Å². The molecule has 0 bridgehead atoms. The fourth-order valence-electron chi connectivity index (χ4n) is 2.15. The third-order valence-corrected chi connectivity index (χ3v) is 4.19. The molecule has 2 nitrogen and oxygen atoms in total. The zero-order valence-corrected chi connectivity index (χ0v) is 16.9. The average Bonchev–Trinajstić information content (AvgIpc) is 2.56. The van der Waals surface area contributed by atoms with Crippen molar-refractivity contribution in [3.8, 4) is 0 Å². The number of unbranched alkanes of at least 4 members (excludes halogenated alkanes) is 5. The van der Waals surface area contributed by atoms with Crippen LogP contribution in [0.2, 0.25) is 0 Å². The van der Waals surface area contributed by atoms with Crippen molar-refractivity contribution in [3.05, 3.63) is 48.6 Å². The molecule has 0 saturated carbocycles. The molecule has 1 atom stereocenters. The summed E-state index contributed by atoms with van der Waals surface area (Å²) in [7, 11) is -3.79. The Balaban J connectivity index is 3.42. The Hall–Kier alpha value is -0.920. The highest BCUT2D eigenvalue weighted by molar-refractivity contribution is 7.52. The van der Waals surface area contributed by atoms with Gasteiger partial charge in [-0.2, -0.15) is 4.20 Å². The molecule has 0 aliphatic carbocycles. The zero-order valence-electron chi connectivity index (χ0n) is 16.0. The molecule has 0 heterocycles. The van der Waals surface area contributed by atoms with Crippen LogP contribution in [0.3, 0.4) is 0 Å². The lowest BCUT2D eigenvalue weighted by atomic mass is 10.2. The lowest BCUT2D eigenvalue weighted by Gasteiger charge is -2.03. The second kappa shape index (κ2) is 17.9. The summed E-state index contributed by atoms with van der Waals surface area (Å²) in [5.41, 5.74) is 0. The topological polar surface area (TPSA) is 26.3 Å². The summed E-state index contributed by atoms with van der Waals surface area (Å²) < 4.78 is 27.9. The van der Waals surface area contributed by atoms with E-state index in [1.165, 1.54) is 25.7 Å². The first kappa shape index (κ1) is 24.1. The highest BCUT2D eigenvalue weighted by Crippen LogP contribution is 2.43. The maximum Gasteiger partial charge on any atom is 0.364 e. The predicted molar refractivity (Wildman–Crippen MR) is 109 cm³/mol. The third kappa shape index (κ3) is 23.1. The van der Waals surface area contributed by atoms with E-state index in [4.69, 9.17) is 0 Å². The normalized spacial score (nSPS) is 15.2. The summed E-state index contributed by atoms with van der Waals surface area (Å²) in [6.07, 6.45) is 28.2. The fourth-order valence-corrected chi connectivity index (χ4v) is 2.61. The Morgan fingerprint density at radius 1 is 0.760 bits per heavy atom. The lowest BCUT2D eigenvalue weighted by Crippen LogP contribution is -1.88. The third-order valence-electron chi connectivity index (χ3n) is 3.54. The van der Waals surface area contributed by atoms with Crippen LogP contribution in [0.1, 0.15) is 71.1 Å². The molecule has 0 fully saturated rings. The largest absolute Gasteiger partial charge is 0.364 e. The summed E-state index contributed by atoms with van der Waals surface area (Å²) in [5, 5.41) is 0. The molecule has 25 heavy (non-hydrogen) atoms. The molecular weight excluding hydrogens is 334 g/mol. The number of hydrogen-bond donors (Lipinski definition) is 0. The van der Waals surface area contributed by atoms with E-state index in [2.05, 4.69) is 60.1 Å². The van der Waals surface area contributed by atoms with Crippen LogP contribution in [0.4, 0.5) is 4.20 Å². The van der Waals surface area contributed by atoms with Crippen LogP contribution in [0.15, 0.2) is 48.6 Å². The van der Waals surface area contributed by atoms with E-state index in [1.807, 2.05) is 0 Å². The van der Waals surface area contributed by atoms with Crippen molar-refractivity contribution in [3.63, 3.8) is 0 Å². The van der Waals surface area contributed by atoms with Crippen LogP contribution in [0.5, 0.6) is 0 Å². The van der Waals surface area contributed by atoms with Crippen LogP contribution in [-0.2, 0) is 9.09 Å². The van der Waals surface area contributed by atoms with E-state index in [1.54, 1.807) is 0 Å². The van der Waals surface area contributed by atoms with Gasteiger partial charge in [-0.25, -0.2) is 0 Å². The van der Waals surface area contributed by atoms with Gasteiger partial charge in [0.1, 0.15) is 0 Å². The van der Waals surface area contributed by atoms with E-state index in [0.29, 0.717) is 0 Å². The molecule has 0 aliphatic rings. The van der Waals surface area contributed by atoms with E-state index in [9.17, 15) is 8.76 Å². The molecule has 0 N–H and O–H groups in total. The van der Waals surface area contributed by atoms with Gasteiger partial charge in [0.2, 0.25) is 0 Å². The average molecular weight is 370 g/mol. The van der Waals surface area contributed by atoms with Gasteiger partial charge in [0, 0.05) is 6.66 Å². The number of allylic oxidation sites excluding steroid dienone is 8. The Bertz CT molecular complexity index is 447. The van der Waals surface area contributed by atoms with E-state index < -0.39 is 7.68 Å². The molecule has 0 rings (SSSR count). The van der Waals surface area contributed by atoms with Gasteiger partial charge in [-0.3, -0.25) is 4.57 Å². The van der Waals surface area contributed by atoms with Crippen molar-refractivity contribution in [1.29, 1.82) is 0 Å². The molecule has 0 saturated heterocycles. The summed E-state index contributed by atoms with van der Waals surface area (Å²) in [6.45, 7) is 3.46. The summed E-state index contributed by atoms with van der Waals surface area (Å²) in [4.78, 5) is 0.